The smallest absolute Gasteiger partial charge is 0.237 e. The summed E-state index contributed by atoms with van der Waals surface area (Å²) < 4.78 is 0. The molecular weight excluding hydrogens is 312 g/mol. The van der Waals surface area contributed by atoms with Crippen LogP contribution in [0, 0.1) is 12.3 Å². The molecule has 3 heterocycles. The van der Waals surface area contributed by atoms with E-state index < -0.39 is 0 Å². The third-order valence-electron chi connectivity index (χ3n) is 5.88. The Labute approximate surface area is 151 Å². The molecule has 0 saturated carbocycles. The number of nitrogens with one attached hydrogen (secondary N) is 1. The lowest BCUT2D eigenvalue weighted by molar-refractivity contribution is -0.125. The molecule has 2 aliphatic heterocycles. The molecule has 3 rings (SSSR count). The van der Waals surface area contributed by atoms with Crippen molar-refractivity contribution in [3.05, 3.63) is 29.6 Å². The van der Waals surface area contributed by atoms with E-state index in [1.54, 1.807) is 0 Å². The lowest BCUT2D eigenvalue weighted by Crippen LogP contribution is -2.43. The molecule has 0 radical (unpaired) electrons. The van der Waals surface area contributed by atoms with E-state index in [1.165, 1.54) is 18.4 Å². The van der Waals surface area contributed by atoms with Crippen LogP contribution in [0.5, 0.6) is 0 Å². The van der Waals surface area contributed by atoms with Gasteiger partial charge in [-0.25, -0.2) is 0 Å². The number of piperidine rings is 1. The van der Waals surface area contributed by atoms with Crippen molar-refractivity contribution in [2.24, 2.45) is 5.41 Å². The van der Waals surface area contributed by atoms with Gasteiger partial charge in [0.1, 0.15) is 0 Å². The number of pyridine rings is 1. The lowest BCUT2D eigenvalue weighted by atomic mass is 9.76. The number of likely N-dealkylation sites (tertiary alicyclic amines) is 2. The number of aromatic nitrogens is 1. The molecule has 0 aliphatic carbocycles. The highest BCUT2D eigenvalue weighted by atomic mass is 16.2. The molecule has 1 spiro atoms. The second-order valence-corrected chi connectivity index (χ2v) is 8.04. The first-order valence-electron chi connectivity index (χ1n) is 9.63. The second-order valence-electron chi connectivity index (χ2n) is 8.04. The zero-order chi connectivity index (χ0) is 17.9. The van der Waals surface area contributed by atoms with Crippen LogP contribution in [0.2, 0.25) is 0 Å². The molecule has 5 heteroatoms. The van der Waals surface area contributed by atoms with Gasteiger partial charge >= 0.3 is 0 Å². The van der Waals surface area contributed by atoms with Crippen molar-refractivity contribution in [1.82, 2.24) is 20.1 Å². The molecule has 1 aromatic rings. The molecule has 0 aromatic carbocycles. The largest absolute Gasteiger partial charge is 0.349 e. The van der Waals surface area contributed by atoms with Crippen molar-refractivity contribution in [3.8, 4) is 0 Å². The Morgan fingerprint density at radius 2 is 2.16 bits per heavy atom. The first kappa shape index (κ1) is 18.3. The number of nitrogens with zero attached hydrogens (tertiary/aromatic N) is 3. The zero-order valence-electron chi connectivity index (χ0n) is 15.9. The average Bonchev–Trinajstić information content (AvgIpc) is 2.95. The molecule has 2 fully saturated rings. The predicted octanol–water partition coefficient (Wildman–Crippen LogP) is 2.20. The SMILES string of the molecule is CCCN1CC2(CCN(C)CC2)CC1C(=O)NCc1cc(C)ccn1. The van der Waals surface area contributed by atoms with Crippen LogP contribution in [0.4, 0.5) is 0 Å². The number of carbonyl (C=O) groups excluding carboxylic acids is 1. The van der Waals surface area contributed by atoms with Crippen molar-refractivity contribution in [2.45, 2.75) is 52.1 Å². The minimum atomic E-state index is 0.0214. The highest BCUT2D eigenvalue weighted by molar-refractivity contribution is 5.82. The summed E-state index contributed by atoms with van der Waals surface area (Å²) in [5.74, 6) is 0.174. The van der Waals surface area contributed by atoms with Crippen LogP contribution >= 0.6 is 0 Å². The van der Waals surface area contributed by atoms with Crippen molar-refractivity contribution in [2.75, 3.05) is 33.2 Å². The Morgan fingerprint density at radius 3 is 2.84 bits per heavy atom. The fourth-order valence-corrected chi connectivity index (χ4v) is 4.37. The Morgan fingerprint density at radius 1 is 1.40 bits per heavy atom. The molecule has 1 N–H and O–H groups in total. The van der Waals surface area contributed by atoms with Crippen LogP contribution in [0.1, 0.15) is 43.9 Å². The first-order valence-corrected chi connectivity index (χ1v) is 9.63. The quantitative estimate of drug-likeness (QED) is 0.890. The molecule has 2 aliphatic rings. The van der Waals surface area contributed by atoms with Gasteiger partial charge in [-0.2, -0.15) is 0 Å². The van der Waals surface area contributed by atoms with Crippen LogP contribution in [-0.2, 0) is 11.3 Å². The van der Waals surface area contributed by atoms with Gasteiger partial charge in [-0.15, -0.1) is 0 Å². The summed E-state index contributed by atoms with van der Waals surface area (Å²) in [6.45, 7) is 9.17. The van der Waals surface area contributed by atoms with Gasteiger partial charge in [0.2, 0.25) is 5.91 Å². The molecule has 1 atom stereocenters. The number of amides is 1. The summed E-state index contributed by atoms with van der Waals surface area (Å²) in [6.07, 6.45) is 6.34. The van der Waals surface area contributed by atoms with E-state index in [2.05, 4.69) is 41.0 Å². The maximum absolute atomic E-state index is 12.9. The predicted molar refractivity (Wildman–Crippen MR) is 100 cm³/mol. The molecule has 2 saturated heterocycles. The van der Waals surface area contributed by atoms with E-state index in [0.29, 0.717) is 12.0 Å². The summed E-state index contributed by atoms with van der Waals surface area (Å²) in [5, 5.41) is 3.13. The van der Waals surface area contributed by atoms with Gasteiger partial charge in [0, 0.05) is 12.7 Å². The second kappa shape index (κ2) is 7.83. The third kappa shape index (κ3) is 4.39. The van der Waals surface area contributed by atoms with Crippen LogP contribution in [0.3, 0.4) is 0 Å². The number of hydrogen-bond acceptors (Lipinski definition) is 4. The van der Waals surface area contributed by atoms with Crippen LogP contribution in [-0.4, -0.2) is 60.0 Å². The minimum absolute atomic E-state index is 0.0214. The Kier molecular flexibility index (Phi) is 5.74. The Hall–Kier alpha value is -1.46. The molecule has 1 aromatic heterocycles. The average molecular weight is 345 g/mol. The number of rotatable bonds is 5. The van der Waals surface area contributed by atoms with Crippen molar-refractivity contribution in [1.29, 1.82) is 0 Å². The molecule has 5 nitrogen and oxygen atoms in total. The van der Waals surface area contributed by atoms with Gasteiger partial charge in [-0.1, -0.05) is 6.92 Å². The van der Waals surface area contributed by atoms with E-state index in [1.807, 2.05) is 18.3 Å². The monoisotopic (exact) mass is 344 g/mol. The van der Waals surface area contributed by atoms with Crippen molar-refractivity contribution >= 4 is 5.91 Å². The molecule has 25 heavy (non-hydrogen) atoms. The minimum Gasteiger partial charge on any atom is -0.349 e. The Balaban J connectivity index is 1.63. The number of hydrogen-bond donors (Lipinski definition) is 1. The summed E-state index contributed by atoms with van der Waals surface area (Å²) in [5.41, 5.74) is 2.45. The van der Waals surface area contributed by atoms with E-state index in [9.17, 15) is 4.79 Å². The molecule has 138 valence electrons. The third-order valence-corrected chi connectivity index (χ3v) is 5.88. The Bertz CT molecular complexity index is 595. The van der Waals surface area contributed by atoms with E-state index >= 15 is 0 Å². The first-order chi connectivity index (χ1) is 12.0. The fourth-order valence-electron chi connectivity index (χ4n) is 4.37. The van der Waals surface area contributed by atoms with Gasteiger partial charge in [0.25, 0.3) is 0 Å². The summed E-state index contributed by atoms with van der Waals surface area (Å²) in [6, 6.07) is 4.04. The molecule has 0 bridgehead atoms. The fraction of sp³-hybridized carbons (Fsp3) is 0.700. The van der Waals surface area contributed by atoms with Crippen LogP contribution in [0.15, 0.2) is 18.3 Å². The maximum Gasteiger partial charge on any atom is 0.237 e. The van der Waals surface area contributed by atoms with E-state index in [0.717, 1.165) is 44.7 Å². The normalized spacial score (nSPS) is 23.9. The van der Waals surface area contributed by atoms with Crippen molar-refractivity contribution < 1.29 is 4.79 Å². The topological polar surface area (TPSA) is 48.5 Å². The maximum atomic E-state index is 12.9. The van der Waals surface area contributed by atoms with Gasteiger partial charge in [0.15, 0.2) is 0 Å². The number of carbonyl (C=O) groups is 1. The zero-order valence-corrected chi connectivity index (χ0v) is 15.9. The molecule has 1 amide bonds. The highest BCUT2D eigenvalue weighted by Gasteiger charge is 2.47. The summed E-state index contributed by atoms with van der Waals surface area (Å²) in [7, 11) is 2.20. The van der Waals surface area contributed by atoms with Gasteiger partial charge < -0.3 is 10.2 Å². The van der Waals surface area contributed by atoms with Crippen LogP contribution < -0.4 is 5.32 Å². The van der Waals surface area contributed by atoms with Gasteiger partial charge in [-0.05, 0) is 82.4 Å². The standard InChI is InChI=1S/C20H32N4O/c1-4-9-24-15-20(6-10-23(3)11-7-20)13-18(24)19(25)22-14-17-12-16(2)5-8-21-17/h5,8,12,18H,4,6-7,9-11,13-15H2,1-3H3,(H,22,25). The van der Waals surface area contributed by atoms with E-state index in [4.69, 9.17) is 0 Å². The molecule has 1 unspecified atom stereocenters. The lowest BCUT2D eigenvalue weighted by Gasteiger charge is -2.37. The summed E-state index contributed by atoms with van der Waals surface area (Å²) in [4.78, 5) is 22.1. The van der Waals surface area contributed by atoms with Crippen LogP contribution in [0.25, 0.3) is 0 Å². The number of aryl methyl sites for hydroxylation is 1. The van der Waals surface area contributed by atoms with E-state index in [-0.39, 0.29) is 11.9 Å². The summed E-state index contributed by atoms with van der Waals surface area (Å²) >= 11 is 0. The highest BCUT2D eigenvalue weighted by Crippen LogP contribution is 2.43. The van der Waals surface area contributed by atoms with Gasteiger partial charge in [-0.3, -0.25) is 14.7 Å². The van der Waals surface area contributed by atoms with Crippen molar-refractivity contribution in [3.63, 3.8) is 0 Å². The molecular formula is C20H32N4O. The van der Waals surface area contributed by atoms with Gasteiger partial charge in [0.05, 0.1) is 18.3 Å².